The lowest BCUT2D eigenvalue weighted by Gasteiger charge is -2.01. The van der Waals surface area contributed by atoms with Crippen LogP contribution in [-0.4, -0.2) is 26.1 Å². The van der Waals surface area contributed by atoms with Crippen molar-refractivity contribution in [2.75, 3.05) is 14.2 Å². The van der Waals surface area contributed by atoms with E-state index in [0.29, 0.717) is 5.71 Å². The molecule has 4 nitrogen and oxygen atoms in total. The molecule has 1 rings (SSSR count). The number of hydrogen-bond acceptors (Lipinski definition) is 4. The molecule has 0 bridgehead atoms. The SMILES string of the molecule is CN=CC(=NN)c1ccc(OC)cc1. The number of benzene rings is 1. The van der Waals surface area contributed by atoms with Crippen LogP contribution < -0.4 is 10.6 Å². The number of ether oxygens (including phenoxy) is 1. The van der Waals surface area contributed by atoms with E-state index >= 15 is 0 Å². The molecular formula is C10H13N3O. The molecule has 1 aromatic rings. The average molecular weight is 191 g/mol. The second-order valence-electron chi connectivity index (χ2n) is 2.63. The van der Waals surface area contributed by atoms with Gasteiger partial charge in [-0.3, -0.25) is 4.99 Å². The van der Waals surface area contributed by atoms with E-state index in [-0.39, 0.29) is 0 Å². The zero-order valence-electron chi connectivity index (χ0n) is 8.27. The summed E-state index contributed by atoms with van der Waals surface area (Å²) in [5.41, 5.74) is 1.56. The van der Waals surface area contributed by atoms with Gasteiger partial charge < -0.3 is 10.6 Å². The van der Waals surface area contributed by atoms with E-state index in [4.69, 9.17) is 10.6 Å². The van der Waals surface area contributed by atoms with Crippen LogP contribution in [-0.2, 0) is 0 Å². The highest BCUT2D eigenvalue weighted by molar-refractivity contribution is 6.38. The van der Waals surface area contributed by atoms with Crippen LogP contribution >= 0.6 is 0 Å². The summed E-state index contributed by atoms with van der Waals surface area (Å²) in [4.78, 5) is 3.86. The van der Waals surface area contributed by atoms with Crippen LogP contribution in [0, 0.1) is 0 Å². The summed E-state index contributed by atoms with van der Waals surface area (Å²) in [6.07, 6.45) is 1.61. The average Bonchev–Trinajstić information content (AvgIpc) is 2.26. The van der Waals surface area contributed by atoms with Crippen LogP contribution in [0.3, 0.4) is 0 Å². The molecule has 0 aliphatic carbocycles. The number of hydrogen-bond donors (Lipinski definition) is 1. The molecule has 0 spiro atoms. The summed E-state index contributed by atoms with van der Waals surface area (Å²) in [5, 5.41) is 3.63. The van der Waals surface area contributed by atoms with E-state index in [9.17, 15) is 0 Å². The van der Waals surface area contributed by atoms with Crippen LogP contribution in [0.4, 0.5) is 0 Å². The predicted molar refractivity (Wildman–Crippen MR) is 58.1 cm³/mol. The topological polar surface area (TPSA) is 60.0 Å². The van der Waals surface area contributed by atoms with Crippen LogP contribution in [0.25, 0.3) is 0 Å². The molecule has 0 atom stereocenters. The minimum atomic E-state index is 0.648. The highest BCUT2D eigenvalue weighted by atomic mass is 16.5. The van der Waals surface area contributed by atoms with Gasteiger partial charge in [0, 0.05) is 18.8 Å². The Kier molecular flexibility index (Phi) is 3.67. The normalized spacial score (nSPS) is 12.0. The van der Waals surface area contributed by atoms with Crippen molar-refractivity contribution in [2.24, 2.45) is 15.9 Å². The smallest absolute Gasteiger partial charge is 0.118 e. The molecule has 0 saturated carbocycles. The van der Waals surface area contributed by atoms with E-state index < -0.39 is 0 Å². The molecule has 2 N–H and O–H groups in total. The lowest BCUT2D eigenvalue weighted by atomic mass is 10.1. The van der Waals surface area contributed by atoms with Gasteiger partial charge in [0.1, 0.15) is 11.5 Å². The molecule has 74 valence electrons. The number of methoxy groups -OCH3 is 1. The molecule has 14 heavy (non-hydrogen) atoms. The standard InChI is InChI=1S/C10H13N3O/c1-12-7-10(13-11)8-3-5-9(14-2)6-4-8/h3-7H,11H2,1-2H3. The van der Waals surface area contributed by atoms with Crippen LogP contribution in [0.5, 0.6) is 5.75 Å². The third kappa shape index (κ3) is 2.32. The first-order valence-electron chi connectivity index (χ1n) is 4.16. The van der Waals surface area contributed by atoms with Crippen molar-refractivity contribution < 1.29 is 4.74 Å². The molecule has 0 aromatic heterocycles. The van der Waals surface area contributed by atoms with Crippen LogP contribution in [0.15, 0.2) is 34.4 Å². The Labute approximate surface area is 83.1 Å². The van der Waals surface area contributed by atoms with Crippen molar-refractivity contribution in [3.63, 3.8) is 0 Å². The minimum Gasteiger partial charge on any atom is -0.497 e. The monoisotopic (exact) mass is 191 g/mol. The van der Waals surface area contributed by atoms with Crippen molar-refractivity contribution in [1.29, 1.82) is 0 Å². The predicted octanol–water partition coefficient (Wildman–Crippen LogP) is 1.06. The molecule has 0 unspecified atom stereocenters. The third-order valence-corrected chi connectivity index (χ3v) is 1.78. The Balaban J connectivity index is 2.96. The van der Waals surface area contributed by atoms with E-state index in [2.05, 4.69) is 10.1 Å². The number of nitrogens with zero attached hydrogens (tertiary/aromatic N) is 2. The highest BCUT2D eigenvalue weighted by Gasteiger charge is 1.99. The van der Waals surface area contributed by atoms with Crippen molar-refractivity contribution in [3.8, 4) is 5.75 Å². The lowest BCUT2D eigenvalue weighted by molar-refractivity contribution is 0.415. The molecule has 0 aliphatic rings. The Bertz CT molecular complexity index is 341. The molecular weight excluding hydrogens is 178 g/mol. The fraction of sp³-hybridized carbons (Fsp3) is 0.200. The maximum Gasteiger partial charge on any atom is 0.118 e. The maximum atomic E-state index is 5.23. The molecule has 0 saturated heterocycles. The first-order chi connectivity index (χ1) is 6.81. The fourth-order valence-corrected chi connectivity index (χ4v) is 1.07. The van der Waals surface area contributed by atoms with Gasteiger partial charge in [0.15, 0.2) is 0 Å². The van der Waals surface area contributed by atoms with Gasteiger partial charge in [-0.2, -0.15) is 5.10 Å². The Morgan fingerprint density at radius 3 is 2.43 bits per heavy atom. The zero-order chi connectivity index (χ0) is 10.4. The minimum absolute atomic E-state index is 0.648. The number of aliphatic imine (C=N–C) groups is 1. The third-order valence-electron chi connectivity index (χ3n) is 1.78. The number of rotatable bonds is 3. The summed E-state index contributed by atoms with van der Waals surface area (Å²) in [7, 11) is 3.30. The van der Waals surface area contributed by atoms with Gasteiger partial charge in [0.25, 0.3) is 0 Å². The molecule has 0 amide bonds. The van der Waals surface area contributed by atoms with E-state index in [1.54, 1.807) is 20.4 Å². The van der Waals surface area contributed by atoms with Gasteiger partial charge >= 0.3 is 0 Å². The zero-order valence-corrected chi connectivity index (χ0v) is 8.27. The van der Waals surface area contributed by atoms with Crippen molar-refractivity contribution in [3.05, 3.63) is 29.8 Å². The van der Waals surface area contributed by atoms with Crippen molar-refractivity contribution in [2.45, 2.75) is 0 Å². The second kappa shape index (κ2) is 5.01. The van der Waals surface area contributed by atoms with Gasteiger partial charge in [0.2, 0.25) is 0 Å². The Hall–Kier alpha value is -1.84. The second-order valence-corrected chi connectivity index (χ2v) is 2.63. The summed E-state index contributed by atoms with van der Waals surface area (Å²) in [5.74, 6) is 6.03. The molecule has 0 heterocycles. The summed E-state index contributed by atoms with van der Waals surface area (Å²) < 4.78 is 5.04. The fourth-order valence-electron chi connectivity index (χ4n) is 1.07. The molecule has 1 aromatic carbocycles. The molecule has 0 fully saturated rings. The summed E-state index contributed by atoms with van der Waals surface area (Å²) in [6, 6.07) is 7.46. The first kappa shape index (κ1) is 10.2. The van der Waals surface area contributed by atoms with E-state index in [1.807, 2.05) is 24.3 Å². The lowest BCUT2D eigenvalue weighted by Crippen LogP contribution is -2.05. The molecule has 4 heteroatoms. The van der Waals surface area contributed by atoms with Gasteiger partial charge in [-0.1, -0.05) is 0 Å². The first-order valence-corrected chi connectivity index (χ1v) is 4.16. The van der Waals surface area contributed by atoms with Gasteiger partial charge in [-0.25, -0.2) is 0 Å². The van der Waals surface area contributed by atoms with Crippen molar-refractivity contribution in [1.82, 2.24) is 0 Å². The summed E-state index contributed by atoms with van der Waals surface area (Å²) in [6.45, 7) is 0. The van der Waals surface area contributed by atoms with E-state index in [0.717, 1.165) is 11.3 Å². The van der Waals surface area contributed by atoms with E-state index in [1.165, 1.54) is 0 Å². The number of hydrazone groups is 1. The van der Waals surface area contributed by atoms with Crippen LogP contribution in [0.2, 0.25) is 0 Å². The summed E-state index contributed by atoms with van der Waals surface area (Å²) >= 11 is 0. The van der Waals surface area contributed by atoms with Gasteiger partial charge in [-0.15, -0.1) is 0 Å². The maximum absolute atomic E-state index is 5.23. The Morgan fingerprint density at radius 2 is 2.00 bits per heavy atom. The highest BCUT2D eigenvalue weighted by Crippen LogP contribution is 2.11. The quantitative estimate of drug-likeness (QED) is 0.441. The molecule has 0 aliphatic heterocycles. The van der Waals surface area contributed by atoms with Gasteiger partial charge in [0.05, 0.1) is 7.11 Å². The Morgan fingerprint density at radius 1 is 1.36 bits per heavy atom. The largest absolute Gasteiger partial charge is 0.497 e. The van der Waals surface area contributed by atoms with Crippen molar-refractivity contribution >= 4 is 11.9 Å². The number of nitrogens with two attached hydrogens (primary N) is 1. The van der Waals surface area contributed by atoms with Crippen LogP contribution in [0.1, 0.15) is 5.56 Å². The molecule has 0 radical (unpaired) electrons. The van der Waals surface area contributed by atoms with Gasteiger partial charge in [-0.05, 0) is 24.3 Å².